The van der Waals surface area contributed by atoms with Gasteiger partial charge in [0.25, 0.3) is 0 Å². The summed E-state index contributed by atoms with van der Waals surface area (Å²) in [5.74, 6) is -0.795. The summed E-state index contributed by atoms with van der Waals surface area (Å²) in [6.07, 6.45) is 3.10. The first kappa shape index (κ1) is 14.6. The Labute approximate surface area is 115 Å². The second kappa shape index (κ2) is 6.12. The van der Waals surface area contributed by atoms with Crippen LogP contribution in [0.5, 0.6) is 0 Å². The van der Waals surface area contributed by atoms with Crippen LogP contribution in [-0.2, 0) is 23.1 Å². The molecule has 0 radical (unpaired) electrons. The molecule has 0 unspecified atom stereocenters. The number of hydrogen-bond donors (Lipinski definition) is 2. The molecule has 2 rings (SSSR count). The van der Waals surface area contributed by atoms with Gasteiger partial charge in [0.15, 0.2) is 0 Å². The van der Waals surface area contributed by atoms with Crippen molar-refractivity contribution in [2.75, 3.05) is 6.61 Å². The fraction of sp³-hybridized carbons (Fsp3) is 0.250. The normalized spacial score (nSPS) is 11.7. The summed E-state index contributed by atoms with van der Waals surface area (Å²) < 4.78 is 41.1. The van der Waals surface area contributed by atoms with Crippen LogP contribution in [0, 0.1) is 5.82 Å². The third kappa shape index (κ3) is 3.41. The van der Waals surface area contributed by atoms with Crippen molar-refractivity contribution in [1.29, 1.82) is 0 Å². The van der Waals surface area contributed by atoms with Crippen LogP contribution in [0.15, 0.2) is 41.6 Å². The molecule has 2 aromatic rings. The Balaban J connectivity index is 2.07. The number of nitrogens with one attached hydrogen (secondary N) is 1. The van der Waals surface area contributed by atoms with E-state index in [0.717, 1.165) is 6.07 Å². The molecule has 1 aromatic heterocycles. The van der Waals surface area contributed by atoms with Crippen molar-refractivity contribution >= 4 is 10.0 Å². The highest BCUT2D eigenvalue weighted by molar-refractivity contribution is 7.89. The van der Waals surface area contributed by atoms with Gasteiger partial charge in [-0.2, -0.15) is 5.10 Å². The molecule has 0 fully saturated rings. The van der Waals surface area contributed by atoms with Gasteiger partial charge in [-0.15, -0.1) is 0 Å². The minimum atomic E-state index is -3.90. The first-order valence-corrected chi connectivity index (χ1v) is 7.37. The van der Waals surface area contributed by atoms with Crippen molar-refractivity contribution in [2.24, 2.45) is 0 Å². The minimum absolute atomic E-state index is 0.00208. The molecular weight excluding hydrogens is 285 g/mol. The van der Waals surface area contributed by atoms with Gasteiger partial charge in [-0.1, -0.05) is 12.1 Å². The number of aliphatic hydroxyl groups is 1. The van der Waals surface area contributed by atoms with E-state index in [0.29, 0.717) is 12.1 Å². The zero-order valence-corrected chi connectivity index (χ0v) is 11.3. The van der Waals surface area contributed by atoms with Crippen LogP contribution in [0.1, 0.15) is 5.56 Å². The molecule has 0 bridgehead atoms. The zero-order valence-electron chi connectivity index (χ0n) is 10.5. The van der Waals surface area contributed by atoms with Gasteiger partial charge in [0.1, 0.15) is 10.7 Å². The Morgan fingerprint density at radius 3 is 2.80 bits per heavy atom. The Hall–Kier alpha value is -1.77. The first-order chi connectivity index (χ1) is 9.53. The number of halogens is 1. The van der Waals surface area contributed by atoms with Crippen LogP contribution in [0.25, 0.3) is 0 Å². The monoisotopic (exact) mass is 299 g/mol. The molecule has 0 aliphatic heterocycles. The standard InChI is InChI=1S/C12H14FN3O3S/c13-11-3-1-2-4-12(11)20(18,19)15-8-10-7-14-16(9-10)5-6-17/h1-4,7,9,15,17H,5-6,8H2. The molecular formula is C12H14FN3O3S. The van der Waals surface area contributed by atoms with Gasteiger partial charge >= 0.3 is 0 Å². The molecule has 108 valence electrons. The van der Waals surface area contributed by atoms with Crippen molar-refractivity contribution in [1.82, 2.24) is 14.5 Å². The summed E-state index contributed by atoms with van der Waals surface area (Å²) in [7, 11) is -3.90. The van der Waals surface area contributed by atoms with E-state index in [2.05, 4.69) is 9.82 Å². The largest absolute Gasteiger partial charge is 0.394 e. The molecule has 20 heavy (non-hydrogen) atoms. The predicted molar refractivity (Wildman–Crippen MR) is 69.7 cm³/mol. The topological polar surface area (TPSA) is 84.2 Å². The van der Waals surface area contributed by atoms with Crippen molar-refractivity contribution in [2.45, 2.75) is 18.0 Å². The van der Waals surface area contributed by atoms with Crippen LogP contribution in [0.4, 0.5) is 4.39 Å². The number of aliphatic hydroxyl groups excluding tert-OH is 1. The third-order valence-corrected chi connectivity index (χ3v) is 4.04. The molecule has 0 aliphatic rings. The van der Waals surface area contributed by atoms with E-state index in [1.165, 1.54) is 29.1 Å². The minimum Gasteiger partial charge on any atom is -0.394 e. The quantitative estimate of drug-likeness (QED) is 0.813. The highest BCUT2D eigenvalue weighted by Crippen LogP contribution is 2.13. The lowest BCUT2D eigenvalue weighted by atomic mass is 10.3. The predicted octanol–water partition coefficient (Wildman–Crippen LogP) is 0.493. The maximum Gasteiger partial charge on any atom is 0.243 e. The molecule has 8 heteroatoms. The number of hydrogen-bond acceptors (Lipinski definition) is 4. The summed E-state index contributed by atoms with van der Waals surface area (Å²) >= 11 is 0. The van der Waals surface area contributed by atoms with E-state index < -0.39 is 15.8 Å². The van der Waals surface area contributed by atoms with Gasteiger partial charge in [0, 0.05) is 18.3 Å². The summed E-state index contributed by atoms with van der Waals surface area (Å²) in [5, 5.41) is 12.7. The molecule has 6 nitrogen and oxygen atoms in total. The van der Waals surface area contributed by atoms with Crippen molar-refractivity contribution < 1.29 is 17.9 Å². The van der Waals surface area contributed by atoms with Gasteiger partial charge in [0.05, 0.1) is 19.3 Å². The third-order valence-electron chi connectivity index (χ3n) is 2.61. The number of nitrogens with zero attached hydrogens (tertiary/aromatic N) is 2. The van der Waals surface area contributed by atoms with Crippen LogP contribution in [-0.4, -0.2) is 29.9 Å². The number of rotatable bonds is 6. The van der Waals surface area contributed by atoms with Gasteiger partial charge < -0.3 is 5.11 Å². The maximum atomic E-state index is 13.5. The van der Waals surface area contributed by atoms with Gasteiger partial charge in [0.2, 0.25) is 10.0 Å². The lowest BCUT2D eigenvalue weighted by Gasteiger charge is -2.06. The SMILES string of the molecule is O=S(=O)(NCc1cnn(CCO)c1)c1ccccc1F. The number of sulfonamides is 1. The zero-order chi connectivity index (χ0) is 14.6. The molecule has 1 aromatic carbocycles. The number of aromatic nitrogens is 2. The van der Waals surface area contributed by atoms with E-state index in [9.17, 15) is 12.8 Å². The van der Waals surface area contributed by atoms with Crippen LogP contribution in [0.2, 0.25) is 0 Å². The molecule has 0 amide bonds. The lowest BCUT2D eigenvalue weighted by Crippen LogP contribution is -2.24. The molecule has 0 atom stereocenters. The van der Waals surface area contributed by atoms with E-state index in [-0.39, 0.29) is 18.0 Å². The van der Waals surface area contributed by atoms with E-state index in [1.807, 2.05) is 0 Å². The maximum absolute atomic E-state index is 13.5. The van der Waals surface area contributed by atoms with E-state index in [4.69, 9.17) is 5.11 Å². The van der Waals surface area contributed by atoms with E-state index >= 15 is 0 Å². The van der Waals surface area contributed by atoms with Gasteiger partial charge in [-0.3, -0.25) is 4.68 Å². The summed E-state index contributed by atoms with van der Waals surface area (Å²) in [6, 6.07) is 5.17. The Bertz CT molecular complexity index is 685. The fourth-order valence-corrected chi connectivity index (χ4v) is 2.74. The fourth-order valence-electron chi connectivity index (χ4n) is 1.64. The summed E-state index contributed by atoms with van der Waals surface area (Å²) in [5.41, 5.74) is 0.623. The van der Waals surface area contributed by atoms with Crippen LogP contribution < -0.4 is 4.72 Å². The lowest BCUT2D eigenvalue weighted by molar-refractivity contribution is 0.269. The van der Waals surface area contributed by atoms with Gasteiger partial charge in [-0.05, 0) is 12.1 Å². The summed E-state index contributed by atoms with van der Waals surface area (Å²) in [6.45, 7) is 0.282. The second-order valence-electron chi connectivity index (χ2n) is 4.09. The average Bonchev–Trinajstić information content (AvgIpc) is 2.85. The first-order valence-electron chi connectivity index (χ1n) is 5.89. The summed E-state index contributed by atoms with van der Waals surface area (Å²) in [4.78, 5) is -0.386. The van der Waals surface area contributed by atoms with Crippen molar-refractivity contribution in [3.63, 3.8) is 0 Å². The molecule has 0 spiro atoms. The van der Waals surface area contributed by atoms with E-state index in [1.54, 1.807) is 6.20 Å². The average molecular weight is 299 g/mol. The Kier molecular flexibility index (Phi) is 4.48. The molecule has 1 heterocycles. The molecule has 0 saturated heterocycles. The highest BCUT2D eigenvalue weighted by atomic mass is 32.2. The highest BCUT2D eigenvalue weighted by Gasteiger charge is 2.18. The van der Waals surface area contributed by atoms with Gasteiger partial charge in [-0.25, -0.2) is 17.5 Å². The smallest absolute Gasteiger partial charge is 0.243 e. The molecule has 2 N–H and O–H groups in total. The Morgan fingerprint density at radius 2 is 2.10 bits per heavy atom. The molecule has 0 saturated carbocycles. The van der Waals surface area contributed by atoms with Crippen molar-refractivity contribution in [3.8, 4) is 0 Å². The molecule has 0 aliphatic carbocycles. The van der Waals surface area contributed by atoms with Crippen molar-refractivity contribution in [3.05, 3.63) is 48.0 Å². The number of benzene rings is 1. The Morgan fingerprint density at radius 1 is 1.35 bits per heavy atom. The van der Waals surface area contributed by atoms with Crippen LogP contribution >= 0.6 is 0 Å². The van der Waals surface area contributed by atoms with Crippen LogP contribution in [0.3, 0.4) is 0 Å². The second-order valence-corrected chi connectivity index (χ2v) is 5.83.